The van der Waals surface area contributed by atoms with Crippen LogP contribution in [0.5, 0.6) is 34.5 Å². The third-order valence-electron chi connectivity index (χ3n) is 7.67. The molecule has 52 heavy (non-hydrogen) atoms. The molecule has 4 aromatic carbocycles. The van der Waals surface area contributed by atoms with Crippen molar-refractivity contribution in [1.29, 1.82) is 0 Å². The summed E-state index contributed by atoms with van der Waals surface area (Å²) in [5.74, 6) is -3.73. The van der Waals surface area contributed by atoms with E-state index in [1.54, 1.807) is 66.7 Å². The maximum atomic E-state index is 12.6. The van der Waals surface area contributed by atoms with Crippen molar-refractivity contribution in [2.45, 2.75) is 53.4 Å². The highest BCUT2D eigenvalue weighted by molar-refractivity contribution is 5.94. The van der Waals surface area contributed by atoms with Gasteiger partial charge in [-0.25, -0.2) is 0 Å². The molecule has 0 saturated carbocycles. The highest BCUT2D eigenvalue weighted by atomic mass is 16.6. The van der Waals surface area contributed by atoms with Gasteiger partial charge in [0.15, 0.2) is 0 Å². The second kappa shape index (κ2) is 15.5. The van der Waals surface area contributed by atoms with Gasteiger partial charge in [0.1, 0.15) is 34.5 Å². The number of fused-ring (bicyclic) bond motifs is 1. The van der Waals surface area contributed by atoms with Gasteiger partial charge in [-0.05, 0) is 70.3 Å². The monoisotopic (exact) mass is 706 g/mol. The third kappa shape index (κ3) is 8.96. The van der Waals surface area contributed by atoms with Gasteiger partial charge < -0.3 is 28.4 Å². The summed E-state index contributed by atoms with van der Waals surface area (Å²) in [6.45, 7) is 7.54. The van der Waals surface area contributed by atoms with Gasteiger partial charge in [-0.1, -0.05) is 30.3 Å². The van der Waals surface area contributed by atoms with E-state index < -0.39 is 47.7 Å². The van der Waals surface area contributed by atoms with E-state index in [1.807, 2.05) is 6.08 Å². The first kappa shape index (κ1) is 36.7. The fraction of sp³-hybridized carbons (Fsp3) is 0.200. The van der Waals surface area contributed by atoms with E-state index in [1.165, 1.54) is 53.7 Å². The molecule has 1 aliphatic carbocycles. The smallest absolute Gasteiger partial charge is 0.308 e. The molecule has 2 atom stereocenters. The maximum absolute atomic E-state index is 12.6. The first-order valence-corrected chi connectivity index (χ1v) is 16.0. The van der Waals surface area contributed by atoms with Crippen LogP contribution in [-0.2, 0) is 28.8 Å². The zero-order valence-corrected chi connectivity index (χ0v) is 29.1. The minimum atomic E-state index is -0.716. The molecule has 0 saturated heterocycles. The minimum absolute atomic E-state index is 0.0910. The van der Waals surface area contributed by atoms with Crippen LogP contribution in [0.2, 0.25) is 0 Å². The van der Waals surface area contributed by atoms with Gasteiger partial charge >= 0.3 is 35.8 Å². The molecule has 1 aliphatic rings. The molecule has 0 N–H and O–H groups in total. The quantitative estimate of drug-likeness (QED) is 0.134. The molecular weight excluding hydrogens is 672 g/mol. The Hall–Kier alpha value is -6.56. The second-order valence-electron chi connectivity index (χ2n) is 11.9. The zero-order valence-electron chi connectivity index (χ0n) is 29.1. The van der Waals surface area contributed by atoms with Gasteiger partial charge in [-0.15, -0.1) is 0 Å². The molecule has 0 aromatic heterocycles. The fourth-order valence-corrected chi connectivity index (χ4v) is 6.15. The van der Waals surface area contributed by atoms with E-state index in [4.69, 9.17) is 28.4 Å². The van der Waals surface area contributed by atoms with Gasteiger partial charge in [-0.2, -0.15) is 0 Å². The van der Waals surface area contributed by atoms with E-state index in [0.29, 0.717) is 39.3 Å². The van der Waals surface area contributed by atoms with Crippen LogP contribution in [0.15, 0.2) is 78.9 Å². The standard InChI is InChI=1S/C40H34O12/c1-21(41)47-30-11-7-27(8-12-30)15-35-36-19-34(51-25(5)45)20-37(52-26(6)46)40(36)39(38(35)28-9-13-31(14-10-28)48-22(2)42)29-16-32(49-23(3)43)18-33(17-29)50-24(4)44/h7-20,38-39H,1-6H3/b35-15-/t38?,39-/m1/s1. The summed E-state index contributed by atoms with van der Waals surface area (Å²) in [5, 5.41) is 0. The summed E-state index contributed by atoms with van der Waals surface area (Å²) in [6, 6.07) is 21.4. The molecule has 12 nitrogen and oxygen atoms in total. The molecule has 12 heteroatoms. The Kier molecular flexibility index (Phi) is 11.0. The van der Waals surface area contributed by atoms with Crippen LogP contribution < -0.4 is 28.4 Å². The summed E-state index contributed by atoms with van der Waals surface area (Å²) in [6.07, 6.45) is 1.89. The molecule has 0 radical (unpaired) electrons. The third-order valence-corrected chi connectivity index (χ3v) is 7.67. The average Bonchev–Trinajstić information content (AvgIpc) is 3.34. The van der Waals surface area contributed by atoms with Gasteiger partial charge in [0.25, 0.3) is 0 Å². The molecule has 1 unspecified atom stereocenters. The van der Waals surface area contributed by atoms with Crippen LogP contribution in [0.4, 0.5) is 0 Å². The highest BCUT2D eigenvalue weighted by Gasteiger charge is 2.42. The predicted octanol–water partition coefficient (Wildman–Crippen LogP) is 6.71. The molecule has 0 amide bonds. The predicted molar refractivity (Wildman–Crippen MR) is 186 cm³/mol. The summed E-state index contributed by atoms with van der Waals surface area (Å²) >= 11 is 0. The number of carbonyl (C=O) groups excluding carboxylic acids is 6. The lowest BCUT2D eigenvalue weighted by atomic mass is 9.79. The van der Waals surface area contributed by atoms with Gasteiger partial charge in [0.2, 0.25) is 0 Å². The van der Waals surface area contributed by atoms with E-state index in [2.05, 4.69) is 0 Å². The van der Waals surface area contributed by atoms with Crippen molar-refractivity contribution in [3.8, 4) is 34.5 Å². The Bertz CT molecular complexity index is 2080. The number of rotatable bonds is 9. The van der Waals surface area contributed by atoms with Crippen LogP contribution in [0, 0.1) is 0 Å². The molecule has 0 bridgehead atoms. The lowest BCUT2D eigenvalue weighted by molar-refractivity contribution is -0.133. The summed E-state index contributed by atoms with van der Waals surface area (Å²) in [7, 11) is 0. The van der Waals surface area contributed by atoms with E-state index in [0.717, 1.165) is 5.56 Å². The lowest BCUT2D eigenvalue weighted by Crippen LogP contribution is -2.12. The summed E-state index contributed by atoms with van der Waals surface area (Å²) < 4.78 is 32.7. The number of allylic oxidation sites excluding steroid dienone is 1. The van der Waals surface area contributed by atoms with Crippen molar-refractivity contribution in [2.75, 3.05) is 0 Å². The number of benzene rings is 4. The molecule has 0 heterocycles. The van der Waals surface area contributed by atoms with Crippen LogP contribution in [0.1, 0.15) is 81.2 Å². The molecular formula is C40H34O12. The minimum Gasteiger partial charge on any atom is -0.427 e. The van der Waals surface area contributed by atoms with Crippen molar-refractivity contribution in [2.24, 2.45) is 0 Å². The van der Waals surface area contributed by atoms with Crippen LogP contribution in [0.3, 0.4) is 0 Å². The molecule has 266 valence electrons. The van der Waals surface area contributed by atoms with Crippen molar-refractivity contribution in [3.05, 3.63) is 107 Å². The SMILES string of the molecule is CC(=O)Oc1ccc(/C=C2/c3cc(OC(C)=O)cc(OC(C)=O)c3[C@H](c3cc(OC(C)=O)cc(OC(C)=O)c3)C2c2ccc(OC(C)=O)cc2)cc1. The fourth-order valence-electron chi connectivity index (χ4n) is 6.15. The number of carbonyl (C=O) groups is 6. The molecule has 4 aromatic rings. The Balaban J connectivity index is 1.86. The average molecular weight is 707 g/mol. The number of hydrogen-bond donors (Lipinski definition) is 0. The molecule has 0 fully saturated rings. The van der Waals surface area contributed by atoms with Gasteiger partial charge in [-0.3, -0.25) is 28.8 Å². The highest BCUT2D eigenvalue weighted by Crippen LogP contribution is 2.59. The van der Waals surface area contributed by atoms with E-state index in [-0.39, 0.29) is 23.0 Å². The van der Waals surface area contributed by atoms with Crippen LogP contribution >= 0.6 is 0 Å². The number of ether oxygens (including phenoxy) is 6. The summed E-state index contributed by atoms with van der Waals surface area (Å²) in [4.78, 5) is 72.2. The Morgan fingerprint density at radius 2 is 0.865 bits per heavy atom. The van der Waals surface area contributed by atoms with Crippen molar-refractivity contribution >= 4 is 47.5 Å². The zero-order chi connectivity index (χ0) is 37.7. The molecule has 0 aliphatic heterocycles. The first-order valence-electron chi connectivity index (χ1n) is 16.0. The largest absolute Gasteiger partial charge is 0.427 e. The second-order valence-corrected chi connectivity index (χ2v) is 11.9. The Morgan fingerprint density at radius 1 is 0.442 bits per heavy atom. The first-order chi connectivity index (χ1) is 24.7. The topological polar surface area (TPSA) is 158 Å². The van der Waals surface area contributed by atoms with Crippen LogP contribution in [-0.4, -0.2) is 35.8 Å². The van der Waals surface area contributed by atoms with E-state index >= 15 is 0 Å². The maximum Gasteiger partial charge on any atom is 0.308 e. The van der Waals surface area contributed by atoms with Gasteiger partial charge in [0.05, 0.1) is 0 Å². The normalized spacial score (nSPS) is 15.2. The number of hydrogen-bond acceptors (Lipinski definition) is 12. The van der Waals surface area contributed by atoms with Crippen molar-refractivity contribution < 1.29 is 57.2 Å². The molecule has 5 rings (SSSR count). The Morgan fingerprint density at radius 3 is 1.33 bits per heavy atom. The number of esters is 6. The van der Waals surface area contributed by atoms with Crippen LogP contribution in [0.25, 0.3) is 11.6 Å². The van der Waals surface area contributed by atoms with Crippen molar-refractivity contribution in [3.63, 3.8) is 0 Å². The molecule has 0 spiro atoms. The summed E-state index contributed by atoms with van der Waals surface area (Å²) in [5.41, 5.74) is 3.65. The van der Waals surface area contributed by atoms with Gasteiger partial charge in [0, 0.05) is 71.1 Å². The lowest BCUT2D eigenvalue weighted by Gasteiger charge is -2.25. The van der Waals surface area contributed by atoms with E-state index in [9.17, 15) is 28.8 Å². The van der Waals surface area contributed by atoms with Crippen molar-refractivity contribution in [1.82, 2.24) is 0 Å². The Labute approximate surface area is 298 Å².